The maximum Gasteiger partial charge on any atom is 0.295 e. The first-order valence-electron chi connectivity index (χ1n) is 9.50. The number of nitrogens with two attached hydrogens (primary N) is 1. The number of anilines is 1. The molecule has 0 aliphatic rings. The number of carbonyl (C=O) groups excluding carboxylic acids is 1. The molecule has 1 amide bonds. The number of aromatic hydroxyl groups is 1. The zero-order valence-corrected chi connectivity index (χ0v) is 16.2. The summed E-state index contributed by atoms with van der Waals surface area (Å²) in [4.78, 5) is 13.7. The van der Waals surface area contributed by atoms with E-state index in [4.69, 9.17) is 5.73 Å². The van der Waals surface area contributed by atoms with Crippen LogP contribution in [-0.4, -0.2) is 35.2 Å². The largest absolute Gasteiger partial charge is 0.493 e. The smallest absolute Gasteiger partial charge is 0.295 e. The van der Waals surface area contributed by atoms with E-state index in [9.17, 15) is 9.90 Å². The quantitative estimate of drug-likeness (QED) is 0.434. The van der Waals surface area contributed by atoms with Crippen LogP contribution in [0.5, 0.6) is 5.88 Å². The van der Waals surface area contributed by atoms with Gasteiger partial charge in [-0.1, -0.05) is 18.2 Å². The third kappa shape index (κ3) is 4.04. The fourth-order valence-corrected chi connectivity index (χ4v) is 3.25. The molecule has 0 bridgehead atoms. The molecule has 0 saturated heterocycles. The van der Waals surface area contributed by atoms with Crippen LogP contribution in [-0.2, 0) is 6.54 Å². The molecular formula is C21H26N5O2+. The van der Waals surface area contributed by atoms with Gasteiger partial charge >= 0.3 is 0 Å². The number of fused-ring (bicyclic) bond motifs is 1. The number of para-hydroxylation sites is 1. The fraction of sp³-hybridized carbons (Fsp3) is 0.286. The molecule has 3 rings (SSSR count). The topological polar surface area (TPSA) is 97.4 Å². The van der Waals surface area contributed by atoms with Gasteiger partial charge in [0.25, 0.3) is 5.91 Å². The lowest BCUT2D eigenvalue weighted by Crippen LogP contribution is -3.11. The van der Waals surface area contributed by atoms with Crippen molar-refractivity contribution >= 4 is 28.2 Å². The molecule has 146 valence electrons. The molecule has 3 aromatic rings. The number of amides is 1. The van der Waals surface area contributed by atoms with Gasteiger partial charge in [-0.3, -0.25) is 4.79 Å². The molecule has 0 atom stereocenters. The Morgan fingerprint density at radius 2 is 1.79 bits per heavy atom. The summed E-state index contributed by atoms with van der Waals surface area (Å²) in [6.07, 6.45) is 0. The fourth-order valence-electron chi connectivity index (χ4n) is 3.25. The Kier molecular flexibility index (Phi) is 6.06. The van der Waals surface area contributed by atoms with Crippen LogP contribution in [0.25, 0.3) is 10.9 Å². The summed E-state index contributed by atoms with van der Waals surface area (Å²) in [7, 11) is 0. The van der Waals surface area contributed by atoms with Crippen molar-refractivity contribution in [1.82, 2.24) is 4.57 Å². The van der Waals surface area contributed by atoms with Crippen LogP contribution in [0.3, 0.4) is 0 Å². The maximum absolute atomic E-state index is 12.3. The molecule has 0 fully saturated rings. The number of nitrogen functional groups attached to an aromatic ring is 1. The van der Waals surface area contributed by atoms with Gasteiger partial charge in [-0.25, -0.2) is 0 Å². The highest BCUT2D eigenvalue weighted by Gasteiger charge is 2.18. The van der Waals surface area contributed by atoms with Crippen molar-refractivity contribution in [3.8, 4) is 5.88 Å². The molecule has 7 heteroatoms. The van der Waals surface area contributed by atoms with E-state index in [0.717, 1.165) is 30.5 Å². The van der Waals surface area contributed by atoms with Gasteiger partial charge in [0.05, 0.1) is 31.7 Å². The average Bonchev–Trinajstić information content (AvgIpc) is 2.98. The lowest BCUT2D eigenvalue weighted by Gasteiger charge is -2.16. The van der Waals surface area contributed by atoms with Gasteiger partial charge < -0.3 is 20.3 Å². The molecule has 7 nitrogen and oxygen atoms in total. The number of hydrogen-bond acceptors (Lipinski definition) is 4. The van der Waals surface area contributed by atoms with Gasteiger partial charge in [0.15, 0.2) is 5.69 Å². The second kappa shape index (κ2) is 8.67. The number of nitrogens with one attached hydrogen (secondary N) is 1. The highest BCUT2D eigenvalue weighted by molar-refractivity contribution is 5.97. The number of hydrogen-bond donors (Lipinski definition) is 3. The number of nitrogens with zero attached hydrogens (tertiary/aromatic N) is 3. The highest BCUT2D eigenvalue weighted by atomic mass is 16.3. The van der Waals surface area contributed by atoms with Crippen LogP contribution in [0.2, 0.25) is 0 Å². The summed E-state index contributed by atoms with van der Waals surface area (Å²) in [6.45, 7) is 7.90. The van der Waals surface area contributed by atoms with Crippen LogP contribution >= 0.6 is 0 Å². The van der Waals surface area contributed by atoms with Crippen molar-refractivity contribution in [3.63, 3.8) is 0 Å². The van der Waals surface area contributed by atoms with Crippen LogP contribution in [0, 0.1) is 0 Å². The number of carbonyl (C=O) groups is 1. The van der Waals surface area contributed by atoms with Crippen molar-refractivity contribution in [3.05, 3.63) is 54.1 Å². The highest BCUT2D eigenvalue weighted by Crippen LogP contribution is 2.38. The van der Waals surface area contributed by atoms with Gasteiger partial charge in [-0.15, -0.1) is 10.2 Å². The SMILES string of the molecule is CC[NH+](CC)CCn1c(O)c(N=NC(=O)c2ccc(N)cc2)c2ccccc21. The number of likely N-dealkylation sites (N-methyl/N-ethyl adjacent to an activating group) is 1. The first-order valence-corrected chi connectivity index (χ1v) is 9.50. The zero-order chi connectivity index (χ0) is 20.1. The van der Waals surface area contributed by atoms with E-state index in [0.29, 0.717) is 23.5 Å². The predicted octanol–water partition coefficient (Wildman–Crippen LogP) is 2.78. The Labute approximate surface area is 164 Å². The molecule has 1 heterocycles. The number of quaternary nitrogens is 1. The van der Waals surface area contributed by atoms with Crippen LogP contribution in [0.15, 0.2) is 58.8 Å². The summed E-state index contributed by atoms with van der Waals surface area (Å²) < 4.78 is 1.84. The molecule has 4 N–H and O–H groups in total. The zero-order valence-electron chi connectivity index (χ0n) is 16.2. The summed E-state index contributed by atoms with van der Waals surface area (Å²) in [5, 5.41) is 19.4. The number of azo groups is 1. The summed E-state index contributed by atoms with van der Waals surface area (Å²) in [6, 6.07) is 14.1. The van der Waals surface area contributed by atoms with Crippen molar-refractivity contribution < 1.29 is 14.8 Å². The molecule has 0 aliphatic heterocycles. The van der Waals surface area contributed by atoms with E-state index < -0.39 is 5.91 Å². The standard InChI is InChI=1S/C21H25N5O2/c1-3-25(4-2)13-14-26-18-8-6-5-7-17(18)19(21(26)28)23-24-20(27)15-9-11-16(22)12-10-15/h5-12,28H,3-4,13-14,22H2,1-2H3/p+1. The van der Waals surface area contributed by atoms with E-state index in [2.05, 4.69) is 24.1 Å². The van der Waals surface area contributed by atoms with Gasteiger partial charge in [0.1, 0.15) is 0 Å². The van der Waals surface area contributed by atoms with Crippen molar-refractivity contribution in [2.45, 2.75) is 20.4 Å². The van der Waals surface area contributed by atoms with E-state index in [1.54, 1.807) is 24.3 Å². The van der Waals surface area contributed by atoms with E-state index in [1.165, 1.54) is 4.90 Å². The second-order valence-corrected chi connectivity index (χ2v) is 6.68. The number of aromatic nitrogens is 1. The summed E-state index contributed by atoms with van der Waals surface area (Å²) >= 11 is 0. The molecular weight excluding hydrogens is 354 g/mol. The molecule has 28 heavy (non-hydrogen) atoms. The van der Waals surface area contributed by atoms with Crippen LogP contribution in [0.1, 0.15) is 24.2 Å². The second-order valence-electron chi connectivity index (χ2n) is 6.68. The maximum atomic E-state index is 12.3. The van der Waals surface area contributed by atoms with E-state index >= 15 is 0 Å². The molecule has 0 aliphatic carbocycles. The molecule has 0 spiro atoms. The normalized spacial score (nSPS) is 11.7. The first-order chi connectivity index (χ1) is 13.5. The van der Waals surface area contributed by atoms with E-state index in [1.807, 2.05) is 28.8 Å². The molecule has 2 aromatic carbocycles. The van der Waals surface area contributed by atoms with Crippen molar-refractivity contribution in [2.24, 2.45) is 10.2 Å². The average molecular weight is 380 g/mol. The van der Waals surface area contributed by atoms with Gasteiger partial charge in [-0.2, -0.15) is 0 Å². The third-order valence-corrected chi connectivity index (χ3v) is 5.00. The minimum absolute atomic E-state index is 0.0293. The Hall–Kier alpha value is -3.19. The molecule has 0 unspecified atom stereocenters. The lowest BCUT2D eigenvalue weighted by molar-refractivity contribution is -0.897. The monoisotopic (exact) mass is 380 g/mol. The first kappa shape index (κ1) is 19.6. The lowest BCUT2D eigenvalue weighted by atomic mass is 10.2. The minimum Gasteiger partial charge on any atom is -0.493 e. The van der Waals surface area contributed by atoms with E-state index in [-0.39, 0.29) is 5.88 Å². The number of benzene rings is 2. The van der Waals surface area contributed by atoms with Crippen molar-refractivity contribution in [1.29, 1.82) is 0 Å². The Morgan fingerprint density at radius 3 is 2.46 bits per heavy atom. The molecule has 0 saturated carbocycles. The van der Waals surface area contributed by atoms with Gasteiger partial charge in [-0.05, 0) is 44.2 Å². The molecule has 0 radical (unpaired) electrons. The Balaban J connectivity index is 1.91. The van der Waals surface area contributed by atoms with Crippen LogP contribution < -0.4 is 10.6 Å². The van der Waals surface area contributed by atoms with Gasteiger partial charge in [0, 0.05) is 16.6 Å². The minimum atomic E-state index is -0.483. The van der Waals surface area contributed by atoms with Gasteiger partial charge in [0.2, 0.25) is 5.88 Å². The van der Waals surface area contributed by atoms with Crippen molar-refractivity contribution in [2.75, 3.05) is 25.4 Å². The van der Waals surface area contributed by atoms with Crippen LogP contribution in [0.4, 0.5) is 11.4 Å². The Morgan fingerprint density at radius 1 is 1.11 bits per heavy atom. The molecule has 1 aromatic heterocycles. The summed E-state index contributed by atoms with van der Waals surface area (Å²) in [5.74, 6) is -0.453. The number of rotatable bonds is 7. The Bertz CT molecular complexity index is 988. The predicted molar refractivity (Wildman–Crippen MR) is 110 cm³/mol. The summed E-state index contributed by atoms with van der Waals surface area (Å²) in [5.41, 5.74) is 7.80. The third-order valence-electron chi connectivity index (χ3n) is 5.00.